The van der Waals surface area contributed by atoms with Crippen LogP contribution in [0.3, 0.4) is 0 Å². The molecule has 15 heavy (non-hydrogen) atoms. The Morgan fingerprint density at radius 1 is 1.27 bits per heavy atom. The lowest BCUT2D eigenvalue weighted by Crippen LogP contribution is -2.17. The first-order chi connectivity index (χ1) is 6.91. The van der Waals surface area contributed by atoms with Crippen LogP contribution < -0.4 is 0 Å². The number of rotatable bonds is 2. The monoisotopic (exact) mass is 204 g/mol. The van der Waals surface area contributed by atoms with Crippen molar-refractivity contribution in [3.05, 3.63) is 35.9 Å². The fourth-order valence-corrected chi connectivity index (χ4v) is 1.04. The van der Waals surface area contributed by atoms with Crippen LogP contribution in [0.25, 0.3) is 6.08 Å². The number of phenolic OH excluding ortho intramolecular Hbond substituents is 1. The first-order valence-electron chi connectivity index (χ1n) is 4.92. The summed E-state index contributed by atoms with van der Waals surface area (Å²) in [6.07, 6.45) is 3.15. The highest BCUT2D eigenvalue weighted by molar-refractivity contribution is 5.97. The lowest BCUT2D eigenvalue weighted by Gasteiger charge is -2.12. The highest BCUT2D eigenvalue weighted by Gasteiger charge is 2.17. The van der Waals surface area contributed by atoms with E-state index in [0.29, 0.717) is 5.56 Å². The summed E-state index contributed by atoms with van der Waals surface area (Å²) in [5, 5.41) is 9.46. The van der Waals surface area contributed by atoms with E-state index in [4.69, 9.17) is 0 Å². The molecule has 1 aromatic rings. The Morgan fingerprint density at radius 3 is 2.40 bits per heavy atom. The predicted molar refractivity (Wildman–Crippen MR) is 61.6 cm³/mol. The zero-order chi connectivity index (χ0) is 11.5. The number of allylic oxidation sites excluding steroid dienone is 1. The van der Waals surface area contributed by atoms with Crippen LogP contribution in [0.2, 0.25) is 0 Å². The Kier molecular flexibility index (Phi) is 3.30. The Balaban J connectivity index is 2.84. The molecule has 0 atom stereocenters. The van der Waals surface area contributed by atoms with Crippen molar-refractivity contribution in [1.29, 1.82) is 0 Å². The van der Waals surface area contributed by atoms with Crippen molar-refractivity contribution < 1.29 is 9.90 Å². The molecule has 0 saturated heterocycles. The molecule has 0 radical (unpaired) electrons. The summed E-state index contributed by atoms with van der Waals surface area (Å²) in [6, 6.07) is 6.93. The zero-order valence-electron chi connectivity index (χ0n) is 9.32. The van der Waals surface area contributed by atoms with E-state index in [9.17, 15) is 9.90 Å². The number of phenols is 1. The number of hydrogen-bond acceptors (Lipinski definition) is 2. The van der Waals surface area contributed by atoms with Crippen molar-refractivity contribution in [3.63, 3.8) is 0 Å². The van der Waals surface area contributed by atoms with Crippen LogP contribution in [-0.2, 0) is 4.79 Å². The van der Waals surface area contributed by atoms with Gasteiger partial charge in [-0.3, -0.25) is 4.79 Å². The molecule has 0 aliphatic carbocycles. The Hall–Kier alpha value is -1.57. The van der Waals surface area contributed by atoms with Crippen LogP contribution in [0, 0.1) is 5.41 Å². The van der Waals surface area contributed by atoms with Crippen molar-refractivity contribution in [2.24, 2.45) is 5.41 Å². The number of aromatic hydroxyl groups is 1. The summed E-state index contributed by atoms with van der Waals surface area (Å²) in [5.41, 5.74) is 0.288. The van der Waals surface area contributed by atoms with Crippen molar-refractivity contribution in [2.75, 3.05) is 0 Å². The van der Waals surface area contributed by atoms with Gasteiger partial charge in [0, 0.05) is 11.0 Å². The second-order valence-electron chi connectivity index (χ2n) is 4.51. The second kappa shape index (κ2) is 4.30. The third kappa shape index (κ3) is 3.24. The number of carbonyl (C=O) groups excluding carboxylic acids is 1. The molecular formula is C13H16O2. The predicted octanol–water partition coefficient (Wildman–Crippen LogP) is 3.02. The maximum absolute atomic E-state index is 11.6. The maximum atomic E-state index is 11.6. The molecule has 0 unspecified atom stereocenters. The third-order valence-electron chi connectivity index (χ3n) is 2.09. The van der Waals surface area contributed by atoms with Crippen LogP contribution in [0.1, 0.15) is 26.3 Å². The molecule has 0 fully saturated rings. The summed E-state index contributed by atoms with van der Waals surface area (Å²) in [7, 11) is 0. The molecule has 1 N–H and O–H groups in total. The van der Waals surface area contributed by atoms with Gasteiger partial charge in [-0.2, -0.15) is 0 Å². The summed E-state index contributed by atoms with van der Waals surface area (Å²) in [5.74, 6) is 0.237. The van der Waals surface area contributed by atoms with E-state index in [0.717, 1.165) is 0 Å². The summed E-state index contributed by atoms with van der Waals surface area (Å²) >= 11 is 0. The van der Waals surface area contributed by atoms with Crippen LogP contribution in [0.5, 0.6) is 5.75 Å². The SMILES string of the molecule is CC(C)(C)C(=O)/C=C/c1ccccc1O. The molecule has 0 bridgehead atoms. The van der Waals surface area contributed by atoms with Gasteiger partial charge in [-0.25, -0.2) is 0 Å². The summed E-state index contributed by atoms with van der Waals surface area (Å²) in [4.78, 5) is 11.6. The molecule has 0 heterocycles. The van der Waals surface area contributed by atoms with E-state index in [1.165, 1.54) is 6.08 Å². The van der Waals surface area contributed by atoms with Gasteiger partial charge in [-0.15, -0.1) is 0 Å². The van der Waals surface area contributed by atoms with E-state index in [1.54, 1.807) is 24.3 Å². The minimum atomic E-state index is -0.374. The Morgan fingerprint density at radius 2 is 1.87 bits per heavy atom. The smallest absolute Gasteiger partial charge is 0.161 e. The largest absolute Gasteiger partial charge is 0.507 e. The minimum absolute atomic E-state index is 0.0470. The fourth-order valence-electron chi connectivity index (χ4n) is 1.04. The van der Waals surface area contributed by atoms with E-state index in [2.05, 4.69) is 0 Å². The number of benzene rings is 1. The molecule has 0 aliphatic heterocycles. The van der Waals surface area contributed by atoms with Crippen molar-refractivity contribution in [2.45, 2.75) is 20.8 Å². The van der Waals surface area contributed by atoms with Crippen molar-refractivity contribution in [1.82, 2.24) is 0 Å². The lowest BCUT2D eigenvalue weighted by molar-refractivity contribution is -0.121. The van der Waals surface area contributed by atoms with Crippen LogP contribution in [0.4, 0.5) is 0 Å². The number of hydrogen-bond donors (Lipinski definition) is 1. The van der Waals surface area contributed by atoms with Gasteiger partial charge in [-0.1, -0.05) is 39.0 Å². The fraction of sp³-hybridized carbons (Fsp3) is 0.308. The quantitative estimate of drug-likeness (QED) is 0.752. The van der Waals surface area contributed by atoms with E-state index < -0.39 is 0 Å². The summed E-state index contributed by atoms with van der Waals surface area (Å²) in [6.45, 7) is 5.60. The lowest BCUT2D eigenvalue weighted by atomic mass is 9.90. The molecule has 1 aromatic carbocycles. The van der Waals surface area contributed by atoms with Crippen LogP contribution in [0.15, 0.2) is 30.3 Å². The standard InChI is InChI=1S/C13H16O2/c1-13(2,3)12(15)9-8-10-6-4-5-7-11(10)14/h4-9,14H,1-3H3/b9-8+. The molecule has 1 rings (SSSR count). The van der Waals surface area contributed by atoms with Crippen LogP contribution in [-0.4, -0.2) is 10.9 Å². The van der Waals surface area contributed by atoms with Gasteiger partial charge in [0.1, 0.15) is 5.75 Å². The molecule has 2 heteroatoms. The van der Waals surface area contributed by atoms with Gasteiger partial charge in [0.25, 0.3) is 0 Å². The highest BCUT2D eigenvalue weighted by atomic mass is 16.3. The van der Waals surface area contributed by atoms with Gasteiger partial charge in [0.2, 0.25) is 0 Å². The summed E-state index contributed by atoms with van der Waals surface area (Å²) < 4.78 is 0. The normalized spacial score (nSPS) is 11.9. The van der Waals surface area contributed by atoms with Crippen molar-refractivity contribution in [3.8, 4) is 5.75 Å². The van der Waals surface area contributed by atoms with Crippen LogP contribution >= 0.6 is 0 Å². The zero-order valence-corrected chi connectivity index (χ0v) is 9.32. The number of carbonyl (C=O) groups is 1. The topological polar surface area (TPSA) is 37.3 Å². The second-order valence-corrected chi connectivity index (χ2v) is 4.51. The third-order valence-corrected chi connectivity index (χ3v) is 2.09. The molecule has 0 aliphatic rings. The Labute approximate surface area is 90.3 Å². The Bertz CT molecular complexity index is 384. The minimum Gasteiger partial charge on any atom is -0.507 e. The van der Waals surface area contributed by atoms with Gasteiger partial charge in [0.15, 0.2) is 5.78 Å². The van der Waals surface area contributed by atoms with Gasteiger partial charge in [-0.05, 0) is 18.2 Å². The first kappa shape index (κ1) is 11.5. The molecule has 2 nitrogen and oxygen atoms in total. The highest BCUT2D eigenvalue weighted by Crippen LogP contribution is 2.19. The van der Waals surface area contributed by atoms with E-state index >= 15 is 0 Å². The molecule has 80 valence electrons. The van der Waals surface area contributed by atoms with E-state index in [1.807, 2.05) is 26.8 Å². The molecule has 0 aromatic heterocycles. The molecule has 0 amide bonds. The van der Waals surface area contributed by atoms with Gasteiger partial charge in [0.05, 0.1) is 0 Å². The van der Waals surface area contributed by atoms with Gasteiger partial charge >= 0.3 is 0 Å². The maximum Gasteiger partial charge on any atom is 0.161 e. The average Bonchev–Trinajstić information content (AvgIpc) is 2.14. The number of para-hydroxylation sites is 1. The number of ketones is 1. The average molecular weight is 204 g/mol. The first-order valence-corrected chi connectivity index (χ1v) is 4.92. The van der Waals surface area contributed by atoms with E-state index in [-0.39, 0.29) is 16.9 Å². The molecule has 0 saturated carbocycles. The molecule has 0 spiro atoms. The molecular weight excluding hydrogens is 188 g/mol. The van der Waals surface area contributed by atoms with Crippen molar-refractivity contribution >= 4 is 11.9 Å². The van der Waals surface area contributed by atoms with Gasteiger partial charge < -0.3 is 5.11 Å².